The molecule has 0 aliphatic carbocycles. The lowest BCUT2D eigenvalue weighted by Gasteiger charge is -2.16. The quantitative estimate of drug-likeness (QED) is 0.786. The fourth-order valence-corrected chi connectivity index (χ4v) is 4.74. The monoisotopic (exact) mass is 390 g/mol. The number of hydrogen-bond donors (Lipinski definition) is 1. The van der Waals surface area contributed by atoms with E-state index in [1.165, 1.54) is 16.4 Å². The summed E-state index contributed by atoms with van der Waals surface area (Å²) in [6.45, 7) is 1.07. The largest absolute Gasteiger partial charge is 0.326 e. The van der Waals surface area contributed by atoms with Gasteiger partial charge in [-0.05, 0) is 55.5 Å². The maximum absolute atomic E-state index is 13.6. The van der Waals surface area contributed by atoms with Gasteiger partial charge in [0.1, 0.15) is 5.82 Å². The molecule has 1 aliphatic rings. The van der Waals surface area contributed by atoms with Gasteiger partial charge in [-0.25, -0.2) is 12.8 Å². The molecule has 0 unspecified atom stereocenters. The van der Waals surface area contributed by atoms with E-state index in [-0.39, 0.29) is 23.0 Å². The predicted molar refractivity (Wildman–Crippen MR) is 102 cm³/mol. The summed E-state index contributed by atoms with van der Waals surface area (Å²) in [6, 6.07) is 12.8. The Morgan fingerprint density at radius 2 is 1.81 bits per heavy atom. The number of carbonyl (C=O) groups is 1. The van der Waals surface area contributed by atoms with Crippen LogP contribution in [0.1, 0.15) is 31.2 Å². The Labute approximate surface area is 159 Å². The first kappa shape index (κ1) is 19.5. The molecule has 1 fully saturated rings. The highest BCUT2D eigenvalue weighted by Gasteiger charge is 2.27. The van der Waals surface area contributed by atoms with Gasteiger partial charge >= 0.3 is 0 Å². The van der Waals surface area contributed by atoms with Crippen LogP contribution in [0.2, 0.25) is 0 Å². The Bertz CT molecular complexity index is 909. The van der Waals surface area contributed by atoms with Crippen LogP contribution in [0.4, 0.5) is 10.1 Å². The highest BCUT2D eigenvalue weighted by atomic mass is 32.2. The molecule has 0 aromatic heterocycles. The summed E-state index contributed by atoms with van der Waals surface area (Å²) in [5.41, 5.74) is 1.04. The minimum Gasteiger partial charge on any atom is -0.326 e. The highest BCUT2D eigenvalue weighted by Crippen LogP contribution is 2.23. The standard InChI is InChI=1S/C20H23FN2O3S/c21-19-11-2-1-7-16(19)8-5-12-20(24)22-17-9-6-10-18(15-17)27(25,26)23-13-3-4-14-23/h1-2,6-7,9-11,15H,3-5,8,12-14H2,(H,22,24). The van der Waals surface area contributed by atoms with Crippen molar-refractivity contribution in [2.75, 3.05) is 18.4 Å². The number of halogens is 1. The SMILES string of the molecule is O=C(CCCc1ccccc1F)Nc1cccc(S(=O)(=O)N2CCCC2)c1. The normalized spacial score (nSPS) is 15.0. The second-order valence-electron chi connectivity index (χ2n) is 6.63. The fourth-order valence-electron chi connectivity index (χ4n) is 3.18. The fraction of sp³-hybridized carbons (Fsp3) is 0.350. The number of anilines is 1. The Balaban J connectivity index is 1.57. The molecule has 0 atom stereocenters. The average Bonchev–Trinajstić information content (AvgIpc) is 3.19. The lowest BCUT2D eigenvalue weighted by molar-refractivity contribution is -0.116. The second kappa shape index (κ2) is 8.63. The molecular formula is C20H23FN2O3S. The molecule has 1 saturated heterocycles. The molecular weight excluding hydrogens is 367 g/mol. The molecule has 1 aliphatic heterocycles. The van der Waals surface area contributed by atoms with Crippen molar-refractivity contribution in [1.82, 2.24) is 4.31 Å². The van der Waals surface area contributed by atoms with Crippen LogP contribution >= 0.6 is 0 Å². The van der Waals surface area contributed by atoms with Crippen LogP contribution < -0.4 is 5.32 Å². The molecule has 27 heavy (non-hydrogen) atoms. The van der Waals surface area contributed by atoms with Gasteiger partial charge in [-0.1, -0.05) is 24.3 Å². The second-order valence-corrected chi connectivity index (χ2v) is 8.57. The van der Waals surface area contributed by atoms with Crippen molar-refractivity contribution >= 4 is 21.6 Å². The first-order chi connectivity index (χ1) is 13.0. The topological polar surface area (TPSA) is 66.5 Å². The third kappa shape index (κ3) is 4.93. The highest BCUT2D eigenvalue weighted by molar-refractivity contribution is 7.89. The van der Waals surface area contributed by atoms with E-state index in [0.29, 0.717) is 37.2 Å². The molecule has 0 bridgehead atoms. The van der Waals surface area contributed by atoms with Gasteiger partial charge in [0.2, 0.25) is 15.9 Å². The number of carbonyl (C=O) groups excluding carboxylic acids is 1. The summed E-state index contributed by atoms with van der Waals surface area (Å²) >= 11 is 0. The van der Waals surface area contributed by atoms with Crippen molar-refractivity contribution in [3.05, 3.63) is 59.9 Å². The number of nitrogens with zero attached hydrogens (tertiary/aromatic N) is 1. The van der Waals surface area contributed by atoms with Gasteiger partial charge in [-0.2, -0.15) is 4.31 Å². The third-order valence-electron chi connectivity index (χ3n) is 4.63. The van der Waals surface area contributed by atoms with E-state index in [0.717, 1.165) is 12.8 Å². The van der Waals surface area contributed by atoms with Crippen LogP contribution in [0.15, 0.2) is 53.4 Å². The summed E-state index contributed by atoms with van der Waals surface area (Å²) in [7, 11) is -3.51. The number of amides is 1. The van der Waals surface area contributed by atoms with Gasteiger partial charge in [0.25, 0.3) is 0 Å². The smallest absolute Gasteiger partial charge is 0.243 e. The molecule has 2 aromatic carbocycles. The van der Waals surface area contributed by atoms with E-state index in [4.69, 9.17) is 0 Å². The van der Waals surface area contributed by atoms with Crippen LogP contribution in [0, 0.1) is 5.82 Å². The van der Waals surface area contributed by atoms with Crippen LogP contribution in [0.3, 0.4) is 0 Å². The molecule has 0 saturated carbocycles. The third-order valence-corrected chi connectivity index (χ3v) is 6.52. The number of rotatable bonds is 7. The van der Waals surface area contributed by atoms with Crippen LogP contribution in [0.25, 0.3) is 0 Å². The number of hydrogen-bond acceptors (Lipinski definition) is 3. The minimum absolute atomic E-state index is 0.188. The maximum Gasteiger partial charge on any atom is 0.243 e. The van der Waals surface area contributed by atoms with Crippen LogP contribution in [0.5, 0.6) is 0 Å². The molecule has 1 heterocycles. The number of sulfonamides is 1. The van der Waals surface area contributed by atoms with E-state index in [1.54, 1.807) is 36.4 Å². The van der Waals surface area contributed by atoms with Gasteiger partial charge < -0.3 is 5.32 Å². The summed E-state index contributed by atoms with van der Waals surface area (Å²) in [4.78, 5) is 12.3. The van der Waals surface area contributed by atoms with Gasteiger partial charge in [-0.15, -0.1) is 0 Å². The summed E-state index contributed by atoms with van der Waals surface area (Å²) in [5.74, 6) is -0.486. The van der Waals surface area contributed by atoms with Crippen molar-refractivity contribution in [1.29, 1.82) is 0 Å². The first-order valence-electron chi connectivity index (χ1n) is 9.10. The zero-order valence-corrected chi connectivity index (χ0v) is 15.8. The first-order valence-corrected chi connectivity index (χ1v) is 10.5. The lowest BCUT2D eigenvalue weighted by Crippen LogP contribution is -2.27. The molecule has 1 N–H and O–H groups in total. The average molecular weight is 390 g/mol. The van der Waals surface area contributed by atoms with E-state index < -0.39 is 10.0 Å². The van der Waals surface area contributed by atoms with Crippen molar-refractivity contribution in [2.45, 2.75) is 37.0 Å². The molecule has 144 valence electrons. The maximum atomic E-state index is 13.6. The van der Waals surface area contributed by atoms with Crippen molar-refractivity contribution in [3.8, 4) is 0 Å². The summed E-state index contributed by atoms with van der Waals surface area (Å²) in [5, 5.41) is 2.73. The molecule has 1 amide bonds. The van der Waals surface area contributed by atoms with Gasteiger partial charge in [0.05, 0.1) is 4.90 Å². The number of benzene rings is 2. The molecule has 0 radical (unpaired) electrons. The van der Waals surface area contributed by atoms with Crippen molar-refractivity contribution in [3.63, 3.8) is 0 Å². The van der Waals surface area contributed by atoms with Crippen LogP contribution in [-0.2, 0) is 21.2 Å². The predicted octanol–water partition coefficient (Wildman–Crippen LogP) is 3.57. The van der Waals surface area contributed by atoms with Crippen LogP contribution in [-0.4, -0.2) is 31.7 Å². The van der Waals surface area contributed by atoms with Gasteiger partial charge in [0.15, 0.2) is 0 Å². The van der Waals surface area contributed by atoms with E-state index in [1.807, 2.05) is 0 Å². The molecule has 7 heteroatoms. The number of aryl methyl sites for hydroxylation is 1. The molecule has 0 spiro atoms. The molecule has 5 nitrogen and oxygen atoms in total. The summed E-state index contributed by atoms with van der Waals surface area (Å²) < 4.78 is 40.3. The Hall–Kier alpha value is -2.25. The van der Waals surface area contributed by atoms with Crippen molar-refractivity contribution < 1.29 is 17.6 Å². The summed E-state index contributed by atoms with van der Waals surface area (Å²) in [6.07, 6.45) is 2.97. The van der Waals surface area contributed by atoms with Gasteiger partial charge in [-0.3, -0.25) is 4.79 Å². The Morgan fingerprint density at radius 3 is 2.56 bits per heavy atom. The van der Waals surface area contributed by atoms with E-state index in [2.05, 4.69) is 5.32 Å². The van der Waals surface area contributed by atoms with Crippen molar-refractivity contribution in [2.24, 2.45) is 0 Å². The zero-order chi connectivity index (χ0) is 19.3. The molecule has 3 rings (SSSR count). The van der Waals surface area contributed by atoms with E-state index >= 15 is 0 Å². The van der Waals surface area contributed by atoms with E-state index in [9.17, 15) is 17.6 Å². The number of nitrogens with one attached hydrogen (secondary N) is 1. The lowest BCUT2D eigenvalue weighted by atomic mass is 10.1. The zero-order valence-electron chi connectivity index (χ0n) is 15.0. The molecule has 2 aromatic rings. The van der Waals surface area contributed by atoms with Gasteiger partial charge in [0, 0.05) is 25.2 Å². The minimum atomic E-state index is -3.51. The Morgan fingerprint density at radius 1 is 1.07 bits per heavy atom. The Kier molecular flexibility index (Phi) is 6.23.